The zero-order valence-corrected chi connectivity index (χ0v) is 38.9. The molecule has 4 aliphatic carbocycles. The van der Waals surface area contributed by atoms with Gasteiger partial charge in [0.1, 0.15) is 23.9 Å². The summed E-state index contributed by atoms with van der Waals surface area (Å²) in [5.74, 6) is -5.65. The molecule has 0 radical (unpaired) electrons. The van der Waals surface area contributed by atoms with Gasteiger partial charge in [0.15, 0.2) is 5.60 Å². The second-order valence-corrected chi connectivity index (χ2v) is 20.7. The molecule has 372 valence electrons. The van der Waals surface area contributed by atoms with Crippen LogP contribution in [-0.4, -0.2) is 87.7 Å². The van der Waals surface area contributed by atoms with Crippen LogP contribution >= 0.6 is 0 Å². The molecule has 9 unspecified atom stereocenters. The first kappa shape index (κ1) is 55.5. The van der Waals surface area contributed by atoms with Crippen LogP contribution < -0.4 is 0 Å². The molecule has 1 aliphatic heterocycles. The average Bonchev–Trinajstić information content (AvgIpc) is 3.96. The number of carbonyl (C=O) groups excluding carboxylic acids is 4. The predicted molar refractivity (Wildman–Crippen MR) is 214 cm³/mol. The van der Waals surface area contributed by atoms with Gasteiger partial charge in [-0.3, -0.25) is 19.2 Å². The fourth-order valence-corrected chi connectivity index (χ4v) is 8.99. The third-order valence-electron chi connectivity index (χ3n) is 15.2. The van der Waals surface area contributed by atoms with Crippen molar-refractivity contribution in [3.8, 4) is 0 Å². The van der Waals surface area contributed by atoms with Crippen molar-refractivity contribution in [3.05, 3.63) is 0 Å². The average molecular weight is 941 g/mol. The normalized spacial score (nSPS) is 29.1. The van der Waals surface area contributed by atoms with Crippen LogP contribution in [0.4, 0.5) is 39.5 Å². The van der Waals surface area contributed by atoms with Gasteiger partial charge in [0.05, 0.1) is 22.2 Å². The third-order valence-corrected chi connectivity index (χ3v) is 15.2. The van der Waals surface area contributed by atoms with E-state index in [9.17, 15) is 68.9 Å². The van der Waals surface area contributed by atoms with Gasteiger partial charge in [-0.25, -0.2) is 0 Å². The predicted octanol–water partition coefficient (Wildman–Crippen LogP) is 10.5. The number of rotatable bonds is 12. The van der Waals surface area contributed by atoms with E-state index in [1.54, 1.807) is 6.92 Å². The van der Waals surface area contributed by atoms with Crippen molar-refractivity contribution < 1.29 is 87.9 Å². The van der Waals surface area contributed by atoms with E-state index in [0.717, 1.165) is 44.9 Å². The maximum Gasteiger partial charge on any atom is 0.426 e. The van der Waals surface area contributed by atoms with Crippen LogP contribution in [0.15, 0.2) is 0 Å². The number of hydrogen-bond donors (Lipinski definition) is 2. The minimum Gasteiger partial charge on any atom is -0.462 e. The van der Waals surface area contributed by atoms with E-state index < -0.39 is 83.7 Å². The van der Waals surface area contributed by atoms with Crippen LogP contribution in [0, 0.1) is 45.8 Å². The zero-order valence-electron chi connectivity index (χ0n) is 38.9. The number of ether oxygens (including phenoxy) is 4. The van der Waals surface area contributed by atoms with Crippen molar-refractivity contribution in [1.82, 2.24) is 0 Å². The van der Waals surface area contributed by atoms with Crippen LogP contribution in [-0.2, 0) is 38.1 Å². The molecule has 2 N–H and O–H groups in total. The number of carbonyl (C=O) groups is 4. The lowest BCUT2D eigenvalue weighted by atomic mass is 9.66. The minimum atomic E-state index is -6.28. The Morgan fingerprint density at radius 3 is 1.53 bits per heavy atom. The molecule has 0 aromatic rings. The van der Waals surface area contributed by atoms with E-state index in [1.165, 1.54) is 26.7 Å². The van der Waals surface area contributed by atoms with Crippen molar-refractivity contribution in [2.24, 2.45) is 45.8 Å². The van der Waals surface area contributed by atoms with E-state index in [4.69, 9.17) is 18.9 Å². The summed E-state index contributed by atoms with van der Waals surface area (Å²) in [5, 5.41) is 19.6. The maximum atomic E-state index is 13.3. The SMILES string of the molecule is CCC(C)(C)C(=O)OC1C2CC3C(=O)OC1C3C2.CCC(C)(C)C(=O)OC1CC(C(C)(O)C(F)(F)F)CC(C(O)(C(F)(F)F)C(F)(F)F)C1.CCC1(OC(=O)C(C)(C)CC)CCCC1. The molecule has 1 heterocycles. The van der Waals surface area contributed by atoms with Gasteiger partial charge in [0.2, 0.25) is 0 Å². The highest BCUT2D eigenvalue weighted by atomic mass is 19.4. The van der Waals surface area contributed by atoms with E-state index in [-0.39, 0.29) is 60.4 Å². The van der Waals surface area contributed by atoms with Gasteiger partial charge < -0.3 is 29.2 Å². The van der Waals surface area contributed by atoms with Crippen LogP contribution in [0.1, 0.15) is 160 Å². The van der Waals surface area contributed by atoms with Gasteiger partial charge in [0.25, 0.3) is 5.60 Å². The van der Waals surface area contributed by atoms with Crippen molar-refractivity contribution in [1.29, 1.82) is 0 Å². The molecule has 10 nitrogen and oxygen atoms in total. The van der Waals surface area contributed by atoms with E-state index in [0.29, 0.717) is 11.8 Å². The molecule has 4 saturated carbocycles. The molecule has 9 atom stereocenters. The second-order valence-electron chi connectivity index (χ2n) is 20.7. The highest BCUT2D eigenvalue weighted by Gasteiger charge is 2.75. The minimum absolute atomic E-state index is 0.0197. The first-order valence-electron chi connectivity index (χ1n) is 22.4. The zero-order chi connectivity index (χ0) is 49.4. The highest BCUT2D eigenvalue weighted by molar-refractivity contribution is 5.78. The van der Waals surface area contributed by atoms with Gasteiger partial charge in [0, 0.05) is 23.7 Å². The van der Waals surface area contributed by atoms with Crippen molar-refractivity contribution in [3.63, 3.8) is 0 Å². The molecule has 64 heavy (non-hydrogen) atoms. The van der Waals surface area contributed by atoms with Crippen LogP contribution in [0.25, 0.3) is 0 Å². The first-order valence-corrected chi connectivity index (χ1v) is 22.4. The Morgan fingerprint density at radius 1 is 0.641 bits per heavy atom. The Kier molecular flexibility index (Phi) is 16.8. The van der Waals surface area contributed by atoms with Crippen LogP contribution in [0.2, 0.25) is 0 Å². The van der Waals surface area contributed by atoms with Crippen molar-refractivity contribution in [2.45, 2.75) is 213 Å². The fourth-order valence-electron chi connectivity index (χ4n) is 8.99. The third kappa shape index (κ3) is 11.5. The summed E-state index contributed by atoms with van der Waals surface area (Å²) in [5.41, 5.74) is -11.2. The van der Waals surface area contributed by atoms with Crippen molar-refractivity contribution >= 4 is 23.9 Å². The molecular formula is C45H69F9O10. The van der Waals surface area contributed by atoms with E-state index in [2.05, 4.69) is 6.92 Å². The number of fused-ring (bicyclic) bond motifs is 1. The molecule has 0 amide bonds. The molecule has 0 spiro atoms. The highest BCUT2D eigenvalue weighted by Crippen LogP contribution is 2.57. The molecule has 1 saturated heterocycles. The fraction of sp³-hybridized carbons (Fsp3) is 0.911. The lowest BCUT2D eigenvalue weighted by Crippen LogP contribution is -2.64. The first-order chi connectivity index (χ1) is 28.9. The lowest BCUT2D eigenvalue weighted by Gasteiger charge is -2.47. The summed E-state index contributed by atoms with van der Waals surface area (Å²) < 4.78 is 141. The maximum absolute atomic E-state index is 13.3. The standard InChI is InChI=1S/C18H25F9O4.C14H20O4.C13H24O2/c1-5-13(2,3)12(28)31-11-7-9(14(4,29)16(19,20)21)6-10(8-11)15(30,17(22,23)24)18(25,26)27;1-4-14(2,3)13(16)18-10-7-5-8-9(6-7)12(15)17-11(8)10;1-5-12(3,4)11(14)15-13(6-2)9-7-8-10-13/h9-11,29-30H,5-8H2,1-4H3;7-11H,4-6H2,1-3H3;5-10H2,1-4H3. The number of halogens is 9. The summed E-state index contributed by atoms with van der Waals surface area (Å²) >= 11 is 0. The molecular weight excluding hydrogens is 871 g/mol. The number of alkyl halides is 9. The Hall–Kier alpha value is -2.83. The van der Waals surface area contributed by atoms with Crippen LogP contribution in [0.3, 0.4) is 0 Å². The Balaban J connectivity index is 0.000000277. The summed E-state index contributed by atoms with van der Waals surface area (Å²) in [7, 11) is 0. The van der Waals surface area contributed by atoms with Gasteiger partial charge >= 0.3 is 42.4 Å². The molecule has 0 aromatic heterocycles. The smallest absolute Gasteiger partial charge is 0.426 e. The van der Waals surface area contributed by atoms with E-state index in [1.807, 2.05) is 41.5 Å². The quantitative estimate of drug-likeness (QED) is 0.110. The topological polar surface area (TPSA) is 146 Å². The summed E-state index contributed by atoms with van der Waals surface area (Å²) in [6.45, 7) is 18.4. The van der Waals surface area contributed by atoms with Crippen molar-refractivity contribution in [2.75, 3.05) is 0 Å². The molecule has 19 heteroatoms. The summed E-state index contributed by atoms with van der Waals surface area (Å²) in [6.07, 6.45) is -14.6. The van der Waals surface area contributed by atoms with Crippen LogP contribution in [0.5, 0.6) is 0 Å². The molecule has 5 aliphatic rings. The monoisotopic (exact) mass is 940 g/mol. The molecule has 2 bridgehead atoms. The second kappa shape index (κ2) is 19.4. The Morgan fingerprint density at radius 2 is 1.09 bits per heavy atom. The van der Waals surface area contributed by atoms with Gasteiger partial charge in [-0.1, -0.05) is 27.7 Å². The molecule has 5 rings (SSSR count). The number of esters is 4. The van der Waals surface area contributed by atoms with Gasteiger partial charge in [-0.15, -0.1) is 0 Å². The Bertz CT molecular complexity index is 1630. The van der Waals surface area contributed by atoms with Gasteiger partial charge in [-0.05, 0) is 132 Å². The summed E-state index contributed by atoms with van der Waals surface area (Å²) in [6, 6.07) is 0. The molecule has 5 fully saturated rings. The van der Waals surface area contributed by atoms with E-state index >= 15 is 0 Å². The lowest BCUT2D eigenvalue weighted by molar-refractivity contribution is -0.391. The number of hydrogen-bond acceptors (Lipinski definition) is 10. The summed E-state index contributed by atoms with van der Waals surface area (Å²) in [4.78, 5) is 48.0. The molecule has 0 aromatic carbocycles. The largest absolute Gasteiger partial charge is 0.462 e. The number of aliphatic hydroxyl groups is 2. The Labute approximate surface area is 370 Å². The van der Waals surface area contributed by atoms with Gasteiger partial charge in [-0.2, -0.15) is 39.5 Å².